The van der Waals surface area contributed by atoms with Crippen LogP contribution in [0, 0.1) is 6.92 Å². The van der Waals surface area contributed by atoms with Crippen molar-refractivity contribution < 1.29 is 0 Å². The Bertz CT molecular complexity index is 774. The highest BCUT2D eigenvalue weighted by Gasteiger charge is 2.09. The van der Waals surface area contributed by atoms with Crippen molar-refractivity contribution in [2.75, 3.05) is 5.32 Å². The zero-order valence-electron chi connectivity index (χ0n) is 12.2. The number of hydrogen-bond acceptors (Lipinski definition) is 1. The second kappa shape index (κ2) is 5.90. The van der Waals surface area contributed by atoms with Gasteiger partial charge in [-0.15, -0.1) is 0 Å². The van der Waals surface area contributed by atoms with Gasteiger partial charge in [0.1, 0.15) is 0 Å². The molecule has 0 aliphatic carbocycles. The van der Waals surface area contributed by atoms with Gasteiger partial charge in [0.2, 0.25) is 0 Å². The maximum Gasteiger partial charge on any atom is 0.0491 e. The van der Waals surface area contributed by atoms with Crippen molar-refractivity contribution in [3.05, 3.63) is 76.3 Å². The Morgan fingerprint density at radius 2 is 1.71 bits per heavy atom. The van der Waals surface area contributed by atoms with Crippen LogP contribution in [0.4, 0.5) is 5.69 Å². The molecule has 3 aromatic carbocycles. The van der Waals surface area contributed by atoms with Crippen molar-refractivity contribution in [1.29, 1.82) is 0 Å². The van der Waals surface area contributed by atoms with Gasteiger partial charge in [0.05, 0.1) is 0 Å². The third-order valence-electron chi connectivity index (χ3n) is 3.84. The molecule has 0 aliphatic heterocycles. The standard InChI is InChI=1S/C19H18BrN/c1-13-10-11-16(12-19(13)20)21-14(2)17-9-5-7-15-6-3-4-8-18(15)17/h3-12,14,21H,1-2H3. The Morgan fingerprint density at radius 1 is 0.952 bits per heavy atom. The van der Waals surface area contributed by atoms with Crippen molar-refractivity contribution in [1.82, 2.24) is 0 Å². The van der Waals surface area contributed by atoms with E-state index < -0.39 is 0 Å². The molecule has 0 amide bonds. The molecule has 0 aliphatic rings. The lowest BCUT2D eigenvalue weighted by Crippen LogP contribution is -2.07. The van der Waals surface area contributed by atoms with Gasteiger partial charge in [-0.05, 0) is 47.9 Å². The van der Waals surface area contributed by atoms with Gasteiger partial charge in [-0.2, -0.15) is 0 Å². The number of fused-ring (bicyclic) bond motifs is 1. The molecule has 3 rings (SSSR count). The third-order valence-corrected chi connectivity index (χ3v) is 4.70. The average Bonchev–Trinajstić information content (AvgIpc) is 2.50. The predicted octanol–water partition coefficient (Wildman–Crippen LogP) is 6.08. The molecule has 0 spiro atoms. The second-order valence-corrected chi connectivity index (χ2v) is 6.25. The Kier molecular flexibility index (Phi) is 3.98. The summed E-state index contributed by atoms with van der Waals surface area (Å²) in [4.78, 5) is 0. The van der Waals surface area contributed by atoms with Gasteiger partial charge in [-0.1, -0.05) is 64.5 Å². The zero-order chi connectivity index (χ0) is 14.8. The van der Waals surface area contributed by atoms with Crippen molar-refractivity contribution in [2.24, 2.45) is 0 Å². The van der Waals surface area contributed by atoms with Gasteiger partial charge in [0.25, 0.3) is 0 Å². The first kappa shape index (κ1) is 14.2. The molecule has 1 nitrogen and oxygen atoms in total. The Morgan fingerprint density at radius 3 is 2.52 bits per heavy atom. The molecule has 21 heavy (non-hydrogen) atoms. The number of nitrogens with one attached hydrogen (secondary N) is 1. The molecule has 0 saturated carbocycles. The predicted molar refractivity (Wildman–Crippen MR) is 94.9 cm³/mol. The average molecular weight is 340 g/mol. The summed E-state index contributed by atoms with van der Waals surface area (Å²) < 4.78 is 1.14. The molecular weight excluding hydrogens is 322 g/mol. The topological polar surface area (TPSA) is 12.0 Å². The first-order valence-corrected chi connectivity index (χ1v) is 7.95. The van der Waals surface area contributed by atoms with Crippen LogP contribution in [0.3, 0.4) is 0 Å². The SMILES string of the molecule is Cc1ccc(NC(C)c2cccc3ccccc23)cc1Br. The summed E-state index contributed by atoms with van der Waals surface area (Å²) in [5.74, 6) is 0. The summed E-state index contributed by atoms with van der Waals surface area (Å²) in [6.45, 7) is 4.30. The van der Waals surface area contributed by atoms with E-state index in [1.165, 1.54) is 21.9 Å². The zero-order valence-corrected chi connectivity index (χ0v) is 13.8. The van der Waals surface area contributed by atoms with E-state index in [2.05, 4.69) is 95.8 Å². The van der Waals surface area contributed by atoms with Crippen molar-refractivity contribution >= 4 is 32.4 Å². The van der Waals surface area contributed by atoms with Crippen LogP contribution in [-0.2, 0) is 0 Å². The minimum Gasteiger partial charge on any atom is -0.378 e. The molecule has 0 aromatic heterocycles. The van der Waals surface area contributed by atoms with Crippen LogP contribution in [-0.4, -0.2) is 0 Å². The van der Waals surface area contributed by atoms with Crippen molar-refractivity contribution in [2.45, 2.75) is 19.9 Å². The largest absolute Gasteiger partial charge is 0.378 e. The molecule has 0 heterocycles. The summed E-state index contributed by atoms with van der Waals surface area (Å²) in [6.07, 6.45) is 0. The van der Waals surface area contributed by atoms with Gasteiger partial charge < -0.3 is 5.32 Å². The Balaban J connectivity index is 1.93. The van der Waals surface area contributed by atoms with E-state index in [0.717, 1.165) is 10.2 Å². The molecule has 0 fully saturated rings. The molecule has 106 valence electrons. The van der Waals surface area contributed by atoms with E-state index in [9.17, 15) is 0 Å². The van der Waals surface area contributed by atoms with Gasteiger partial charge in [-0.3, -0.25) is 0 Å². The van der Waals surface area contributed by atoms with Crippen LogP contribution in [0.5, 0.6) is 0 Å². The lowest BCUT2D eigenvalue weighted by molar-refractivity contribution is 0.894. The summed E-state index contributed by atoms with van der Waals surface area (Å²) in [5.41, 5.74) is 3.70. The maximum atomic E-state index is 3.59. The smallest absolute Gasteiger partial charge is 0.0491 e. The fourth-order valence-corrected chi connectivity index (χ4v) is 3.02. The molecular formula is C19H18BrN. The third kappa shape index (κ3) is 2.96. The van der Waals surface area contributed by atoms with Crippen LogP contribution in [0.15, 0.2) is 65.1 Å². The minimum atomic E-state index is 0.255. The van der Waals surface area contributed by atoms with Crippen LogP contribution >= 0.6 is 15.9 Å². The van der Waals surface area contributed by atoms with Crippen LogP contribution < -0.4 is 5.32 Å². The molecule has 1 unspecified atom stereocenters. The monoisotopic (exact) mass is 339 g/mol. The quantitative estimate of drug-likeness (QED) is 0.609. The van der Waals surface area contributed by atoms with Gasteiger partial charge in [0.15, 0.2) is 0 Å². The Hall–Kier alpha value is -1.80. The Labute approximate surface area is 134 Å². The van der Waals surface area contributed by atoms with E-state index in [4.69, 9.17) is 0 Å². The van der Waals surface area contributed by atoms with E-state index in [1.807, 2.05) is 0 Å². The van der Waals surface area contributed by atoms with Crippen LogP contribution in [0.1, 0.15) is 24.1 Å². The lowest BCUT2D eigenvalue weighted by Gasteiger charge is -2.18. The first-order chi connectivity index (χ1) is 10.1. The molecule has 1 N–H and O–H groups in total. The summed E-state index contributed by atoms with van der Waals surface area (Å²) >= 11 is 3.59. The molecule has 0 radical (unpaired) electrons. The number of halogens is 1. The van der Waals surface area contributed by atoms with E-state index in [-0.39, 0.29) is 6.04 Å². The number of hydrogen-bond donors (Lipinski definition) is 1. The van der Waals surface area contributed by atoms with Crippen molar-refractivity contribution in [3.63, 3.8) is 0 Å². The molecule has 0 saturated heterocycles. The van der Waals surface area contributed by atoms with Gasteiger partial charge >= 0.3 is 0 Å². The number of rotatable bonds is 3. The fraction of sp³-hybridized carbons (Fsp3) is 0.158. The molecule has 1 atom stereocenters. The highest BCUT2D eigenvalue weighted by molar-refractivity contribution is 9.10. The first-order valence-electron chi connectivity index (χ1n) is 7.15. The summed E-state index contributed by atoms with van der Waals surface area (Å²) in [7, 11) is 0. The van der Waals surface area contributed by atoms with Gasteiger partial charge in [0, 0.05) is 16.2 Å². The molecule has 3 aromatic rings. The minimum absolute atomic E-state index is 0.255. The summed E-state index contributed by atoms with van der Waals surface area (Å²) in [6, 6.07) is 21.7. The summed E-state index contributed by atoms with van der Waals surface area (Å²) in [5, 5.41) is 6.19. The maximum absolute atomic E-state index is 3.59. The molecule has 0 bridgehead atoms. The second-order valence-electron chi connectivity index (χ2n) is 5.40. The van der Waals surface area contributed by atoms with Crippen molar-refractivity contribution in [3.8, 4) is 0 Å². The lowest BCUT2D eigenvalue weighted by atomic mass is 9.99. The highest BCUT2D eigenvalue weighted by atomic mass is 79.9. The van der Waals surface area contributed by atoms with Crippen LogP contribution in [0.25, 0.3) is 10.8 Å². The molecule has 2 heteroatoms. The number of benzene rings is 3. The van der Waals surface area contributed by atoms with Gasteiger partial charge in [-0.25, -0.2) is 0 Å². The van der Waals surface area contributed by atoms with E-state index in [0.29, 0.717) is 0 Å². The van der Waals surface area contributed by atoms with E-state index >= 15 is 0 Å². The van der Waals surface area contributed by atoms with Crippen LogP contribution in [0.2, 0.25) is 0 Å². The van der Waals surface area contributed by atoms with E-state index in [1.54, 1.807) is 0 Å². The number of anilines is 1. The number of aryl methyl sites for hydroxylation is 1. The fourth-order valence-electron chi connectivity index (χ4n) is 2.64. The highest BCUT2D eigenvalue weighted by Crippen LogP contribution is 2.28. The normalized spacial score (nSPS) is 12.3.